The SMILES string of the molecule is CN=C(NCCc1cccs1)NCC(c1ccccc1OC)N(C)C. The Morgan fingerprint density at radius 2 is 2.00 bits per heavy atom. The number of aliphatic imine (C=N–C) groups is 1. The van der Waals surface area contributed by atoms with E-state index >= 15 is 0 Å². The van der Waals surface area contributed by atoms with Crippen LogP contribution in [0.2, 0.25) is 0 Å². The van der Waals surface area contributed by atoms with Crippen molar-refractivity contribution in [1.82, 2.24) is 15.5 Å². The Morgan fingerprint density at radius 1 is 1.20 bits per heavy atom. The van der Waals surface area contributed by atoms with Gasteiger partial charge < -0.3 is 20.3 Å². The highest BCUT2D eigenvalue weighted by atomic mass is 32.1. The van der Waals surface area contributed by atoms with Gasteiger partial charge in [0.2, 0.25) is 0 Å². The summed E-state index contributed by atoms with van der Waals surface area (Å²) in [7, 11) is 7.66. The van der Waals surface area contributed by atoms with E-state index in [-0.39, 0.29) is 6.04 Å². The number of ether oxygens (including phenoxy) is 1. The summed E-state index contributed by atoms with van der Waals surface area (Å²) >= 11 is 1.78. The number of benzene rings is 1. The first-order chi connectivity index (χ1) is 12.2. The molecule has 0 spiro atoms. The maximum Gasteiger partial charge on any atom is 0.191 e. The predicted molar refractivity (Wildman–Crippen MR) is 107 cm³/mol. The van der Waals surface area contributed by atoms with Crippen LogP contribution in [0, 0.1) is 0 Å². The summed E-state index contributed by atoms with van der Waals surface area (Å²) in [5.74, 6) is 1.72. The first-order valence-electron chi connectivity index (χ1n) is 8.42. The average molecular weight is 361 g/mol. The van der Waals surface area contributed by atoms with Crippen LogP contribution in [0.15, 0.2) is 46.8 Å². The van der Waals surface area contributed by atoms with Crippen LogP contribution in [-0.4, -0.2) is 52.2 Å². The topological polar surface area (TPSA) is 48.9 Å². The number of likely N-dealkylation sites (N-methyl/N-ethyl adjacent to an activating group) is 1. The second kappa shape index (κ2) is 10.1. The predicted octanol–water partition coefficient (Wildman–Crippen LogP) is 2.77. The zero-order valence-corrected chi connectivity index (χ0v) is 16.3. The quantitative estimate of drug-likeness (QED) is 0.561. The van der Waals surface area contributed by atoms with E-state index in [9.17, 15) is 0 Å². The minimum atomic E-state index is 0.187. The number of hydrogen-bond donors (Lipinski definition) is 2. The van der Waals surface area contributed by atoms with Gasteiger partial charge in [-0.3, -0.25) is 4.99 Å². The van der Waals surface area contributed by atoms with E-state index in [0.29, 0.717) is 0 Å². The van der Waals surface area contributed by atoms with Crippen LogP contribution in [0.5, 0.6) is 5.75 Å². The maximum absolute atomic E-state index is 5.52. The minimum Gasteiger partial charge on any atom is -0.496 e. The van der Waals surface area contributed by atoms with Crippen molar-refractivity contribution in [1.29, 1.82) is 0 Å². The Bertz CT molecular complexity index is 655. The minimum absolute atomic E-state index is 0.187. The van der Waals surface area contributed by atoms with Crippen molar-refractivity contribution in [3.63, 3.8) is 0 Å². The Morgan fingerprint density at radius 3 is 2.64 bits per heavy atom. The van der Waals surface area contributed by atoms with Crippen molar-refractivity contribution < 1.29 is 4.74 Å². The molecule has 1 heterocycles. The summed E-state index contributed by atoms with van der Waals surface area (Å²) < 4.78 is 5.52. The Hall–Kier alpha value is -2.05. The largest absolute Gasteiger partial charge is 0.496 e. The molecule has 0 radical (unpaired) electrons. The van der Waals surface area contributed by atoms with Gasteiger partial charge in [0.25, 0.3) is 0 Å². The molecule has 5 nitrogen and oxygen atoms in total. The number of hydrogen-bond acceptors (Lipinski definition) is 4. The number of methoxy groups -OCH3 is 1. The molecule has 0 aliphatic rings. The monoisotopic (exact) mass is 360 g/mol. The summed E-state index contributed by atoms with van der Waals surface area (Å²) in [6.45, 7) is 1.60. The molecule has 0 amide bonds. The molecule has 1 aromatic heterocycles. The third-order valence-corrected chi connectivity index (χ3v) is 4.99. The van der Waals surface area contributed by atoms with Gasteiger partial charge in [0, 0.05) is 30.6 Å². The van der Waals surface area contributed by atoms with Gasteiger partial charge in [0.1, 0.15) is 5.75 Å². The Balaban J connectivity index is 1.92. The highest BCUT2D eigenvalue weighted by Crippen LogP contribution is 2.27. The molecule has 25 heavy (non-hydrogen) atoms. The van der Waals surface area contributed by atoms with Crippen molar-refractivity contribution in [2.75, 3.05) is 41.3 Å². The summed E-state index contributed by atoms with van der Waals surface area (Å²) in [6.07, 6.45) is 1.00. The normalized spacial score (nSPS) is 12.9. The van der Waals surface area contributed by atoms with Gasteiger partial charge in [-0.2, -0.15) is 0 Å². The fraction of sp³-hybridized carbons (Fsp3) is 0.421. The molecule has 2 N–H and O–H groups in total. The number of nitrogens with zero attached hydrogens (tertiary/aromatic N) is 2. The third kappa shape index (κ3) is 5.76. The third-order valence-electron chi connectivity index (χ3n) is 4.05. The molecule has 2 rings (SSSR count). The van der Waals surface area contributed by atoms with Crippen LogP contribution in [-0.2, 0) is 6.42 Å². The molecular weight excluding hydrogens is 332 g/mol. The first-order valence-corrected chi connectivity index (χ1v) is 9.30. The number of rotatable bonds is 8. The molecule has 0 bridgehead atoms. The molecule has 0 fully saturated rings. The van der Waals surface area contributed by atoms with Gasteiger partial charge >= 0.3 is 0 Å². The van der Waals surface area contributed by atoms with Crippen molar-refractivity contribution in [2.24, 2.45) is 4.99 Å². The van der Waals surface area contributed by atoms with Crippen LogP contribution in [0.1, 0.15) is 16.5 Å². The van der Waals surface area contributed by atoms with E-state index in [1.165, 1.54) is 4.88 Å². The smallest absolute Gasteiger partial charge is 0.191 e. The number of nitrogens with one attached hydrogen (secondary N) is 2. The zero-order valence-electron chi connectivity index (χ0n) is 15.5. The maximum atomic E-state index is 5.52. The van der Waals surface area contributed by atoms with Gasteiger partial charge in [-0.1, -0.05) is 24.3 Å². The molecule has 1 unspecified atom stereocenters. The van der Waals surface area contributed by atoms with E-state index < -0.39 is 0 Å². The highest BCUT2D eigenvalue weighted by molar-refractivity contribution is 7.09. The molecule has 6 heteroatoms. The van der Waals surface area contributed by atoms with Crippen molar-refractivity contribution in [2.45, 2.75) is 12.5 Å². The van der Waals surface area contributed by atoms with Gasteiger partial charge in [0.05, 0.1) is 13.2 Å². The van der Waals surface area contributed by atoms with Crippen molar-refractivity contribution in [3.8, 4) is 5.75 Å². The molecule has 1 atom stereocenters. The van der Waals surface area contributed by atoms with Gasteiger partial charge in [0.15, 0.2) is 5.96 Å². The fourth-order valence-electron chi connectivity index (χ4n) is 2.69. The zero-order chi connectivity index (χ0) is 18.1. The Kier molecular flexibility index (Phi) is 7.76. The number of thiophene rings is 1. The molecule has 0 aliphatic heterocycles. The molecule has 0 saturated heterocycles. The van der Waals surface area contributed by atoms with Gasteiger partial charge in [-0.05, 0) is 38.0 Å². The van der Waals surface area contributed by atoms with E-state index in [2.05, 4.69) is 58.2 Å². The average Bonchev–Trinajstić information content (AvgIpc) is 3.14. The van der Waals surface area contributed by atoms with Crippen LogP contribution in [0.3, 0.4) is 0 Å². The van der Waals surface area contributed by atoms with Crippen LogP contribution in [0.4, 0.5) is 0 Å². The Labute approximate surface area is 154 Å². The standard InChI is InChI=1S/C19H28N4OS/c1-20-19(21-12-11-15-8-7-13-25-15)22-14-17(23(2)3)16-9-5-6-10-18(16)24-4/h5-10,13,17H,11-12,14H2,1-4H3,(H2,20,21,22). The molecule has 136 valence electrons. The van der Waals surface area contributed by atoms with Crippen molar-refractivity contribution in [3.05, 3.63) is 52.2 Å². The molecule has 0 saturated carbocycles. The summed E-state index contributed by atoms with van der Waals surface area (Å²) in [6, 6.07) is 12.6. The lowest BCUT2D eigenvalue weighted by Crippen LogP contribution is -2.42. The summed E-state index contributed by atoms with van der Waals surface area (Å²) in [5.41, 5.74) is 1.16. The van der Waals surface area contributed by atoms with Crippen molar-refractivity contribution >= 4 is 17.3 Å². The lowest BCUT2D eigenvalue weighted by atomic mass is 10.0. The second-order valence-corrected chi connectivity index (χ2v) is 6.96. The summed E-state index contributed by atoms with van der Waals surface area (Å²) in [5, 5.41) is 8.91. The molecule has 0 aliphatic carbocycles. The fourth-order valence-corrected chi connectivity index (χ4v) is 3.39. The molecule has 2 aromatic rings. The van der Waals surface area contributed by atoms with E-state index in [4.69, 9.17) is 4.74 Å². The van der Waals surface area contributed by atoms with Gasteiger partial charge in [-0.15, -0.1) is 11.3 Å². The number of para-hydroxylation sites is 1. The van der Waals surface area contributed by atoms with E-state index in [1.54, 1.807) is 25.5 Å². The molecule has 1 aromatic carbocycles. The van der Waals surface area contributed by atoms with Crippen LogP contribution >= 0.6 is 11.3 Å². The van der Waals surface area contributed by atoms with Crippen LogP contribution < -0.4 is 15.4 Å². The van der Waals surface area contributed by atoms with E-state index in [0.717, 1.165) is 36.8 Å². The lowest BCUT2D eigenvalue weighted by molar-refractivity contribution is 0.288. The van der Waals surface area contributed by atoms with E-state index in [1.807, 2.05) is 18.2 Å². The van der Waals surface area contributed by atoms with Gasteiger partial charge in [-0.25, -0.2) is 0 Å². The highest BCUT2D eigenvalue weighted by Gasteiger charge is 2.18. The second-order valence-electron chi connectivity index (χ2n) is 5.93. The first kappa shape index (κ1) is 19.3. The lowest BCUT2D eigenvalue weighted by Gasteiger charge is -2.27. The molecular formula is C19H28N4OS. The number of guanidine groups is 1. The summed E-state index contributed by atoms with van der Waals surface area (Å²) in [4.78, 5) is 7.88. The van der Waals surface area contributed by atoms with Crippen LogP contribution in [0.25, 0.3) is 0 Å².